The summed E-state index contributed by atoms with van der Waals surface area (Å²) in [7, 11) is 0. The first kappa shape index (κ1) is 14.6. The van der Waals surface area contributed by atoms with Crippen molar-refractivity contribution in [3.63, 3.8) is 0 Å². The van der Waals surface area contributed by atoms with E-state index in [2.05, 4.69) is 21.2 Å². The lowest BCUT2D eigenvalue weighted by atomic mass is 9.90. The summed E-state index contributed by atoms with van der Waals surface area (Å²) in [6.45, 7) is 3.11. The number of H-pyrrole nitrogens is 1. The van der Waals surface area contributed by atoms with Crippen LogP contribution in [0.15, 0.2) is 18.3 Å². The van der Waals surface area contributed by atoms with Gasteiger partial charge in [0.2, 0.25) is 5.91 Å². The first-order chi connectivity index (χ1) is 11.3. The highest BCUT2D eigenvalue weighted by atomic mass is 16.5. The molecule has 2 aliphatic heterocycles. The first-order valence-corrected chi connectivity index (χ1v) is 8.48. The molecule has 4 heterocycles. The molecule has 0 aromatic carbocycles. The number of carbonyl (C=O) groups is 1. The second-order valence-electron chi connectivity index (χ2n) is 6.50. The monoisotopic (exact) mass is 314 g/mol. The van der Waals surface area contributed by atoms with E-state index in [0.717, 1.165) is 63.0 Å². The van der Waals surface area contributed by atoms with E-state index in [0.29, 0.717) is 11.8 Å². The topological polar surface area (TPSA) is 71.1 Å². The van der Waals surface area contributed by atoms with Crippen molar-refractivity contribution < 1.29 is 9.53 Å². The van der Waals surface area contributed by atoms with Gasteiger partial charge in [-0.2, -0.15) is 5.10 Å². The maximum absolute atomic E-state index is 12.6. The molecule has 2 aromatic rings. The molecule has 1 N–H and O–H groups in total. The summed E-state index contributed by atoms with van der Waals surface area (Å²) in [5.41, 5.74) is 1.95. The van der Waals surface area contributed by atoms with Crippen molar-refractivity contribution in [3.8, 4) is 0 Å². The Balaban J connectivity index is 1.41. The zero-order valence-electron chi connectivity index (χ0n) is 13.2. The Morgan fingerprint density at radius 1 is 1.22 bits per heavy atom. The second-order valence-corrected chi connectivity index (χ2v) is 6.50. The van der Waals surface area contributed by atoms with E-state index in [9.17, 15) is 4.79 Å². The van der Waals surface area contributed by atoms with E-state index in [1.54, 1.807) is 6.20 Å². The number of likely N-dealkylation sites (tertiary alicyclic amines) is 1. The number of fused-ring (bicyclic) bond motifs is 1. The van der Waals surface area contributed by atoms with E-state index in [1.807, 2.05) is 11.0 Å². The van der Waals surface area contributed by atoms with Crippen LogP contribution in [0.4, 0.5) is 0 Å². The number of nitrogens with zero attached hydrogens (tertiary/aromatic N) is 3. The zero-order chi connectivity index (χ0) is 15.6. The molecule has 0 bridgehead atoms. The molecule has 0 radical (unpaired) electrons. The fraction of sp³-hybridized carbons (Fsp3) is 0.588. The summed E-state index contributed by atoms with van der Waals surface area (Å²) in [4.78, 5) is 18.9. The van der Waals surface area contributed by atoms with E-state index >= 15 is 0 Å². The van der Waals surface area contributed by atoms with E-state index in [-0.39, 0.29) is 5.92 Å². The van der Waals surface area contributed by atoms with Gasteiger partial charge in [-0.15, -0.1) is 0 Å². The van der Waals surface area contributed by atoms with Gasteiger partial charge < -0.3 is 9.64 Å². The first-order valence-electron chi connectivity index (χ1n) is 8.48. The maximum Gasteiger partial charge on any atom is 0.225 e. The van der Waals surface area contributed by atoms with Gasteiger partial charge in [0.05, 0.1) is 0 Å². The van der Waals surface area contributed by atoms with Crippen molar-refractivity contribution in [1.82, 2.24) is 20.1 Å². The molecule has 0 saturated carbocycles. The summed E-state index contributed by atoms with van der Waals surface area (Å²) < 4.78 is 5.36. The van der Waals surface area contributed by atoms with Crippen LogP contribution in [0.1, 0.15) is 37.3 Å². The number of piperidine rings is 1. The van der Waals surface area contributed by atoms with Crippen molar-refractivity contribution >= 4 is 16.9 Å². The summed E-state index contributed by atoms with van der Waals surface area (Å²) in [5, 5.41) is 8.56. The maximum atomic E-state index is 12.6. The average molecular weight is 314 g/mol. The van der Waals surface area contributed by atoms with E-state index in [4.69, 9.17) is 4.74 Å². The Labute approximate surface area is 135 Å². The lowest BCUT2D eigenvalue weighted by Crippen LogP contribution is -2.42. The number of hydrogen-bond donors (Lipinski definition) is 1. The van der Waals surface area contributed by atoms with Crippen LogP contribution in [0.5, 0.6) is 0 Å². The Bertz CT molecular complexity index is 685. The number of aromatic nitrogens is 3. The van der Waals surface area contributed by atoms with Gasteiger partial charge in [0.15, 0.2) is 5.65 Å². The number of amides is 1. The molecule has 2 aromatic heterocycles. The number of carbonyl (C=O) groups excluding carboxylic acids is 1. The minimum atomic E-state index is 0.164. The average Bonchev–Trinajstić information content (AvgIpc) is 3.06. The third kappa shape index (κ3) is 2.83. The molecule has 2 fully saturated rings. The number of ether oxygens (including phenoxy) is 1. The van der Waals surface area contributed by atoms with Gasteiger partial charge in [-0.25, -0.2) is 4.98 Å². The van der Waals surface area contributed by atoms with E-state index in [1.165, 1.54) is 5.69 Å². The van der Waals surface area contributed by atoms with E-state index < -0.39 is 0 Å². The standard InChI is InChI=1S/C17H22N4O2/c22-17(13-5-10-23-11-6-13)21-8-3-12(4-9-21)15-14-2-1-7-18-16(14)20-19-15/h1-2,7,12-13H,3-6,8-11H2,(H,18,19,20). The predicted octanol–water partition coefficient (Wildman–Crippen LogP) is 2.09. The minimum absolute atomic E-state index is 0.164. The minimum Gasteiger partial charge on any atom is -0.381 e. The third-order valence-electron chi connectivity index (χ3n) is 5.14. The van der Waals surface area contributed by atoms with Crippen molar-refractivity contribution in [1.29, 1.82) is 0 Å². The fourth-order valence-electron chi connectivity index (χ4n) is 3.77. The smallest absolute Gasteiger partial charge is 0.225 e. The lowest BCUT2D eigenvalue weighted by Gasteiger charge is -2.35. The second kappa shape index (κ2) is 6.28. The molecule has 6 heteroatoms. The third-order valence-corrected chi connectivity index (χ3v) is 5.14. The molecule has 2 aliphatic rings. The van der Waals surface area contributed by atoms with Gasteiger partial charge in [0.25, 0.3) is 0 Å². The SMILES string of the molecule is O=C(C1CCOCC1)N1CCC(c2[nH]nc3ncccc23)CC1. The molecular weight excluding hydrogens is 292 g/mol. The summed E-state index contributed by atoms with van der Waals surface area (Å²) in [6.07, 6.45) is 5.48. The lowest BCUT2D eigenvalue weighted by molar-refractivity contribution is -0.139. The summed E-state index contributed by atoms with van der Waals surface area (Å²) in [5.74, 6) is 0.920. The van der Waals surface area contributed by atoms with Crippen molar-refractivity contribution in [2.75, 3.05) is 26.3 Å². The molecule has 4 rings (SSSR count). The fourth-order valence-corrected chi connectivity index (χ4v) is 3.77. The summed E-state index contributed by atoms with van der Waals surface area (Å²) in [6, 6.07) is 4.02. The molecule has 2 saturated heterocycles. The normalized spacial score (nSPS) is 21.0. The highest BCUT2D eigenvalue weighted by molar-refractivity contribution is 5.79. The Morgan fingerprint density at radius 3 is 2.78 bits per heavy atom. The van der Waals surface area contributed by atoms with Gasteiger partial charge in [-0.3, -0.25) is 9.89 Å². The van der Waals surface area contributed by atoms with Gasteiger partial charge >= 0.3 is 0 Å². The van der Waals surface area contributed by atoms with Crippen LogP contribution in [0.2, 0.25) is 0 Å². The molecule has 0 atom stereocenters. The number of rotatable bonds is 2. The Morgan fingerprint density at radius 2 is 2.00 bits per heavy atom. The van der Waals surface area contributed by atoms with Crippen LogP contribution in [-0.4, -0.2) is 52.3 Å². The van der Waals surface area contributed by atoms with Crippen LogP contribution < -0.4 is 0 Å². The van der Waals surface area contributed by atoms with Crippen LogP contribution in [0, 0.1) is 5.92 Å². The number of hydrogen-bond acceptors (Lipinski definition) is 4. The molecule has 23 heavy (non-hydrogen) atoms. The van der Waals surface area contributed by atoms with Crippen molar-refractivity contribution in [2.24, 2.45) is 5.92 Å². The molecule has 6 nitrogen and oxygen atoms in total. The quantitative estimate of drug-likeness (QED) is 0.921. The van der Waals surface area contributed by atoms with Gasteiger partial charge in [0.1, 0.15) is 0 Å². The van der Waals surface area contributed by atoms with Crippen LogP contribution in [-0.2, 0) is 9.53 Å². The largest absolute Gasteiger partial charge is 0.381 e. The molecule has 1 amide bonds. The molecular formula is C17H22N4O2. The van der Waals surface area contributed by atoms with Crippen LogP contribution >= 0.6 is 0 Å². The Hall–Kier alpha value is -1.95. The molecule has 0 unspecified atom stereocenters. The number of nitrogens with one attached hydrogen (secondary N) is 1. The predicted molar refractivity (Wildman–Crippen MR) is 86.0 cm³/mol. The molecule has 122 valence electrons. The zero-order valence-corrected chi connectivity index (χ0v) is 13.2. The van der Waals surface area contributed by atoms with Crippen LogP contribution in [0.3, 0.4) is 0 Å². The Kier molecular flexibility index (Phi) is 3.99. The number of aromatic amines is 1. The number of pyridine rings is 1. The van der Waals surface area contributed by atoms with Crippen molar-refractivity contribution in [3.05, 3.63) is 24.0 Å². The van der Waals surface area contributed by atoms with Gasteiger partial charge in [-0.1, -0.05) is 0 Å². The van der Waals surface area contributed by atoms with Crippen molar-refractivity contribution in [2.45, 2.75) is 31.6 Å². The van der Waals surface area contributed by atoms with Gasteiger partial charge in [0, 0.05) is 55.4 Å². The highest BCUT2D eigenvalue weighted by Crippen LogP contribution is 2.31. The molecule has 0 aliphatic carbocycles. The summed E-state index contributed by atoms with van der Waals surface area (Å²) >= 11 is 0. The molecule has 0 spiro atoms. The van der Waals surface area contributed by atoms with Gasteiger partial charge in [-0.05, 0) is 37.8 Å². The van der Waals surface area contributed by atoms with Crippen LogP contribution in [0.25, 0.3) is 11.0 Å². The highest BCUT2D eigenvalue weighted by Gasteiger charge is 2.30.